The van der Waals surface area contributed by atoms with Gasteiger partial charge in [-0.2, -0.15) is 47.5 Å². The van der Waals surface area contributed by atoms with E-state index in [2.05, 4.69) is 66.9 Å². The van der Waals surface area contributed by atoms with Crippen LogP contribution < -0.4 is 24.8 Å². The predicted octanol–water partition coefficient (Wildman–Crippen LogP) is -0.872. The second-order valence-corrected chi connectivity index (χ2v) is 5.56. The Labute approximate surface area is 167 Å². The van der Waals surface area contributed by atoms with E-state index >= 15 is 0 Å². The molecular formula is C20H22Cl2Zr-2. The van der Waals surface area contributed by atoms with Crippen LogP contribution in [0.25, 0.3) is 0 Å². The van der Waals surface area contributed by atoms with E-state index in [0.717, 1.165) is 0 Å². The predicted molar refractivity (Wildman–Crippen MR) is 89.9 cm³/mol. The van der Waals surface area contributed by atoms with Crippen molar-refractivity contribution in [3.63, 3.8) is 0 Å². The second kappa shape index (κ2) is 14.8. The van der Waals surface area contributed by atoms with Crippen molar-refractivity contribution in [2.75, 3.05) is 0 Å². The van der Waals surface area contributed by atoms with Crippen molar-refractivity contribution in [2.24, 2.45) is 0 Å². The second-order valence-electron chi connectivity index (χ2n) is 4.85. The molecule has 3 heteroatoms. The van der Waals surface area contributed by atoms with E-state index in [1.807, 2.05) is 30.3 Å². The summed E-state index contributed by atoms with van der Waals surface area (Å²) in [6.07, 6.45) is 0. The smallest absolute Gasteiger partial charge is 0.172 e. The SMILES string of the molecule is Cc1c[cH-]cc1C.Cc1ccccc1[CH]=[Zr+2].[Cl-].[Cl-].c1cc[cH-]c1. The fraction of sp³-hybridized carbons (Fsp3) is 0.150. The first-order valence-electron chi connectivity index (χ1n) is 7.07. The number of rotatable bonds is 1. The Morgan fingerprint density at radius 2 is 1.26 bits per heavy atom. The summed E-state index contributed by atoms with van der Waals surface area (Å²) >= 11 is 1.47. The van der Waals surface area contributed by atoms with Gasteiger partial charge < -0.3 is 24.8 Å². The number of hydrogen-bond acceptors (Lipinski definition) is 0. The number of benzene rings is 1. The van der Waals surface area contributed by atoms with Crippen LogP contribution in [0.5, 0.6) is 0 Å². The van der Waals surface area contributed by atoms with Gasteiger partial charge in [0, 0.05) is 0 Å². The van der Waals surface area contributed by atoms with Gasteiger partial charge in [-0.05, 0) is 0 Å². The maximum Gasteiger partial charge on any atom is -0.172 e. The fourth-order valence-corrected chi connectivity index (χ4v) is 2.47. The molecule has 0 fully saturated rings. The third-order valence-electron chi connectivity index (χ3n) is 3.21. The van der Waals surface area contributed by atoms with Gasteiger partial charge in [-0.1, -0.05) is 13.8 Å². The van der Waals surface area contributed by atoms with Crippen LogP contribution in [0.1, 0.15) is 22.3 Å². The first-order valence-corrected chi connectivity index (χ1v) is 8.48. The van der Waals surface area contributed by atoms with E-state index in [0.29, 0.717) is 0 Å². The average Bonchev–Trinajstić information content (AvgIpc) is 3.17. The molecule has 0 radical (unpaired) electrons. The quantitative estimate of drug-likeness (QED) is 0.446. The largest absolute Gasteiger partial charge is 1.00 e. The van der Waals surface area contributed by atoms with Crippen LogP contribution >= 0.6 is 0 Å². The van der Waals surface area contributed by atoms with Crippen LogP contribution in [-0.4, -0.2) is 3.71 Å². The van der Waals surface area contributed by atoms with Gasteiger partial charge in [-0.3, -0.25) is 0 Å². The Kier molecular flexibility index (Phi) is 15.8. The van der Waals surface area contributed by atoms with Crippen LogP contribution in [-0.2, 0) is 24.2 Å². The van der Waals surface area contributed by atoms with Crippen molar-refractivity contribution >= 4 is 3.71 Å². The third-order valence-corrected chi connectivity index (χ3v) is 3.98. The molecule has 3 rings (SSSR count). The number of hydrogen-bond donors (Lipinski definition) is 0. The first kappa shape index (κ1) is 24.5. The first-order chi connectivity index (χ1) is 10.1. The molecule has 0 unspecified atom stereocenters. The Hall–Kier alpha value is -0.747. The fourth-order valence-electron chi connectivity index (χ4n) is 1.67. The maximum atomic E-state index is 2.21. The summed E-state index contributed by atoms with van der Waals surface area (Å²) in [4.78, 5) is 0. The maximum absolute atomic E-state index is 2.21. The summed E-state index contributed by atoms with van der Waals surface area (Å²) in [6.45, 7) is 6.38. The van der Waals surface area contributed by atoms with Crippen molar-refractivity contribution in [1.82, 2.24) is 0 Å². The van der Waals surface area contributed by atoms with Crippen molar-refractivity contribution in [3.05, 3.63) is 95.1 Å². The Morgan fingerprint density at radius 1 is 0.739 bits per heavy atom. The summed E-state index contributed by atoms with van der Waals surface area (Å²) in [6, 6.07) is 24.7. The normalized spacial score (nSPS) is 8.22. The zero-order chi connectivity index (χ0) is 15.5. The van der Waals surface area contributed by atoms with Gasteiger partial charge in [0.25, 0.3) is 0 Å². The molecule has 0 spiro atoms. The molecule has 0 aliphatic heterocycles. The molecule has 3 aromatic carbocycles. The minimum absolute atomic E-state index is 0. The number of aryl methyl sites for hydroxylation is 3. The van der Waals surface area contributed by atoms with Gasteiger partial charge >= 0.3 is 70.3 Å². The van der Waals surface area contributed by atoms with Crippen LogP contribution in [0.15, 0.2) is 72.8 Å². The Bertz CT molecular complexity index is 591. The molecule has 0 amide bonds. The molecule has 3 aromatic rings. The molecule has 0 aliphatic carbocycles. The summed E-state index contributed by atoms with van der Waals surface area (Å²) in [7, 11) is 0. The van der Waals surface area contributed by atoms with Crippen molar-refractivity contribution in [3.8, 4) is 0 Å². The van der Waals surface area contributed by atoms with E-state index in [1.54, 1.807) is 0 Å². The molecule has 23 heavy (non-hydrogen) atoms. The van der Waals surface area contributed by atoms with Gasteiger partial charge in [-0.15, -0.1) is 0 Å². The molecule has 0 bridgehead atoms. The van der Waals surface area contributed by atoms with Gasteiger partial charge in [0.05, 0.1) is 0 Å². The van der Waals surface area contributed by atoms with Crippen LogP contribution in [0.4, 0.5) is 0 Å². The molecule has 0 heterocycles. The number of halogens is 2. The van der Waals surface area contributed by atoms with Crippen molar-refractivity contribution < 1.29 is 49.0 Å². The van der Waals surface area contributed by atoms with Crippen LogP contribution in [0.3, 0.4) is 0 Å². The molecule has 0 atom stereocenters. The van der Waals surface area contributed by atoms with E-state index in [4.69, 9.17) is 0 Å². The summed E-state index contributed by atoms with van der Waals surface area (Å²) < 4.78 is 2.21. The minimum atomic E-state index is 0. The molecule has 0 nitrogen and oxygen atoms in total. The summed E-state index contributed by atoms with van der Waals surface area (Å²) in [5, 5.41) is 0. The summed E-state index contributed by atoms with van der Waals surface area (Å²) in [5.74, 6) is 0. The molecular weight excluding hydrogens is 402 g/mol. The summed E-state index contributed by atoms with van der Waals surface area (Å²) in [5.41, 5.74) is 5.52. The zero-order valence-corrected chi connectivity index (χ0v) is 17.7. The molecule has 0 aromatic heterocycles. The van der Waals surface area contributed by atoms with Crippen molar-refractivity contribution in [1.29, 1.82) is 0 Å². The minimum Gasteiger partial charge on any atom is -1.00 e. The molecule has 0 aliphatic rings. The van der Waals surface area contributed by atoms with E-state index in [9.17, 15) is 0 Å². The Morgan fingerprint density at radius 3 is 1.52 bits per heavy atom. The molecule has 0 saturated carbocycles. The van der Waals surface area contributed by atoms with Crippen LogP contribution in [0.2, 0.25) is 0 Å². The van der Waals surface area contributed by atoms with Gasteiger partial charge in [0.1, 0.15) is 0 Å². The molecule has 122 valence electrons. The average molecular weight is 425 g/mol. The van der Waals surface area contributed by atoms with E-state index in [1.165, 1.54) is 46.5 Å². The van der Waals surface area contributed by atoms with E-state index < -0.39 is 0 Å². The zero-order valence-electron chi connectivity index (χ0n) is 13.8. The van der Waals surface area contributed by atoms with Gasteiger partial charge in [0.15, 0.2) is 0 Å². The van der Waals surface area contributed by atoms with Crippen molar-refractivity contribution in [2.45, 2.75) is 20.8 Å². The molecule has 0 saturated heterocycles. The standard InChI is InChI=1S/C8H8.C7H9.C5H5.2ClH.Zr/c1-7-5-3-4-6-8(7)2;1-6-4-3-5-7(6)2;1-2-4-5-3-1;;;/h1,3-6H,2H3;3-5H,1-2H3;1-5H;2*1H;/q;2*-1;;;+2/p-2. The Balaban J connectivity index is 0. The topological polar surface area (TPSA) is 0 Å². The van der Waals surface area contributed by atoms with E-state index in [-0.39, 0.29) is 24.8 Å². The monoisotopic (exact) mass is 422 g/mol. The third kappa shape index (κ3) is 10.6. The van der Waals surface area contributed by atoms with Gasteiger partial charge in [-0.25, -0.2) is 12.1 Å². The molecule has 0 N–H and O–H groups in total. The van der Waals surface area contributed by atoms with Crippen LogP contribution in [0, 0.1) is 20.8 Å². The van der Waals surface area contributed by atoms with Gasteiger partial charge in [0.2, 0.25) is 0 Å².